The van der Waals surface area contributed by atoms with E-state index in [1.54, 1.807) is 0 Å². The number of sulfone groups is 1. The third-order valence-corrected chi connectivity index (χ3v) is 4.00. The molecule has 1 saturated carbocycles. The SMILES string of the molecule is CS(=O)(=O)c1c(NCC2CC2)nn(CC(=O)O)c1N. The topological polar surface area (TPSA) is 127 Å². The van der Waals surface area contributed by atoms with Crippen LogP contribution in [-0.4, -0.2) is 42.1 Å². The summed E-state index contributed by atoms with van der Waals surface area (Å²) in [5.41, 5.74) is 5.68. The van der Waals surface area contributed by atoms with E-state index in [0.717, 1.165) is 23.8 Å². The molecule has 106 valence electrons. The number of nitrogens with zero attached hydrogens (tertiary/aromatic N) is 2. The molecule has 1 aliphatic carbocycles. The van der Waals surface area contributed by atoms with Gasteiger partial charge in [-0.3, -0.25) is 4.79 Å². The lowest BCUT2D eigenvalue weighted by molar-refractivity contribution is -0.137. The van der Waals surface area contributed by atoms with Gasteiger partial charge in [-0.25, -0.2) is 13.1 Å². The summed E-state index contributed by atoms with van der Waals surface area (Å²) in [5, 5.41) is 15.6. The Kier molecular flexibility index (Phi) is 3.40. The zero-order chi connectivity index (χ0) is 14.2. The van der Waals surface area contributed by atoms with Crippen LogP contribution in [0.3, 0.4) is 0 Å². The number of anilines is 2. The van der Waals surface area contributed by atoms with E-state index in [-0.39, 0.29) is 16.5 Å². The molecule has 1 fully saturated rings. The minimum Gasteiger partial charge on any atom is -0.480 e. The molecule has 9 heteroatoms. The highest BCUT2D eigenvalue weighted by Gasteiger charge is 2.27. The van der Waals surface area contributed by atoms with Gasteiger partial charge in [0, 0.05) is 12.8 Å². The lowest BCUT2D eigenvalue weighted by Crippen LogP contribution is -2.13. The van der Waals surface area contributed by atoms with Crippen molar-refractivity contribution in [3.63, 3.8) is 0 Å². The monoisotopic (exact) mass is 288 g/mol. The predicted octanol–water partition coefficient (Wildman–Crippen LogP) is -0.225. The van der Waals surface area contributed by atoms with Crippen LogP contribution in [0.2, 0.25) is 0 Å². The summed E-state index contributed by atoms with van der Waals surface area (Å²) in [6, 6.07) is 0. The van der Waals surface area contributed by atoms with Gasteiger partial charge in [-0.2, -0.15) is 5.10 Å². The lowest BCUT2D eigenvalue weighted by atomic mass is 10.4. The van der Waals surface area contributed by atoms with E-state index in [9.17, 15) is 13.2 Å². The second-order valence-electron chi connectivity index (χ2n) is 4.71. The van der Waals surface area contributed by atoms with Gasteiger partial charge in [0.2, 0.25) is 0 Å². The third-order valence-electron chi connectivity index (χ3n) is 2.86. The molecule has 4 N–H and O–H groups in total. The summed E-state index contributed by atoms with van der Waals surface area (Å²) in [4.78, 5) is 10.6. The zero-order valence-corrected chi connectivity index (χ0v) is 11.3. The molecule has 0 aliphatic heterocycles. The van der Waals surface area contributed by atoms with Crippen molar-refractivity contribution in [2.45, 2.75) is 24.3 Å². The first-order chi connectivity index (χ1) is 8.79. The molecule has 19 heavy (non-hydrogen) atoms. The number of aliphatic carboxylic acids is 1. The molecule has 0 unspecified atom stereocenters. The molecule has 2 rings (SSSR count). The maximum absolute atomic E-state index is 11.7. The second kappa shape index (κ2) is 4.72. The van der Waals surface area contributed by atoms with Crippen LogP contribution < -0.4 is 11.1 Å². The second-order valence-corrected chi connectivity index (χ2v) is 6.66. The zero-order valence-electron chi connectivity index (χ0n) is 10.5. The summed E-state index contributed by atoms with van der Waals surface area (Å²) in [7, 11) is -3.57. The largest absolute Gasteiger partial charge is 0.480 e. The Balaban J connectivity index is 2.35. The van der Waals surface area contributed by atoms with E-state index in [2.05, 4.69) is 10.4 Å². The summed E-state index contributed by atoms with van der Waals surface area (Å²) >= 11 is 0. The van der Waals surface area contributed by atoms with Gasteiger partial charge in [0.15, 0.2) is 20.6 Å². The molecule has 0 atom stereocenters. The van der Waals surface area contributed by atoms with Crippen LogP contribution in [0.1, 0.15) is 12.8 Å². The number of carbonyl (C=O) groups is 1. The average molecular weight is 288 g/mol. The van der Waals surface area contributed by atoms with Crippen LogP contribution in [0.5, 0.6) is 0 Å². The molecule has 8 nitrogen and oxygen atoms in total. The fraction of sp³-hybridized carbons (Fsp3) is 0.600. The smallest absolute Gasteiger partial charge is 0.325 e. The molecular formula is C10H16N4O4S. The van der Waals surface area contributed by atoms with Gasteiger partial charge in [-0.05, 0) is 18.8 Å². The Morgan fingerprint density at radius 2 is 2.21 bits per heavy atom. The molecule has 0 aromatic carbocycles. The number of hydrogen-bond acceptors (Lipinski definition) is 6. The Morgan fingerprint density at radius 3 is 2.68 bits per heavy atom. The number of nitrogens with two attached hydrogens (primary N) is 1. The first kappa shape index (κ1) is 13.7. The molecule has 1 aromatic heterocycles. The quantitative estimate of drug-likeness (QED) is 0.660. The van der Waals surface area contributed by atoms with Crippen molar-refractivity contribution in [2.75, 3.05) is 23.9 Å². The first-order valence-corrected chi connectivity index (χ1v) is 7.70. The van der Waals surface area contributed by atoms with Crippen LogP contribution in [0.4, 0.5) is 11.6 Å². The fourth-order valence-corrected chi connectivity index (χ4v) is 2.70. The fourth-order valence-electron chi connectivity index (χ4n) is 1.75. The van der Waals surface area contributed by atoms with Crippen molar-refractivity contribution in [1.82, 2.24) is 9.78 Å². The Hall–Kier alpha value is -1.77. The van der Waals surface area contributed by atoms with Gasteiger partial charge in [0.05, 0.1) is 0 Å². The van der Waals surface area contributed by atoms with Crippen molar-refractivity contribution in [3.8, 4) is 0 Å². The highest BCUT2D eigenvalue weighted by atomic mass is 32.2. The maximum Gasteiger partial charge on any atom is 0.325 e. The number of aromatic nitrogens is 2. The van der Waals surface area contributed by atoms with Gasteiger partial charge in [0.1, 0.15) is 12.4 Å². The minimum atomic E-state index is -3.57. The third kappa shape index (κ3) is 3.16. The van der Waals surface area contributed by atoms with Crippen LogP contribution in [0.25, 0.3) is 0 Å². The van der Waals surface area contributed by atoms with Crippen LogP contribution >= 0.6 is 0 Å². The van der Waals surface area contributed by atoms with Crippen LogP contribution in [0, 0.1) is 5.92 Å². The molecule has 1 heterocycles. The summed E-state index contributed by atoms with van der Waals surface area (Å²) in [6.45, 7) is 0.144. The lowest BCUT2D eigenvalue weighted by Gasteiger charge is -2.03. The number of nitrogens with one attached hydrogen (secondary N) is 1. The van der Waals surface area contributed by atoms with Crippen molar-refractivity contribution in [3.05, 3.63) is 0 Å². The Bertz CT molecular complexity index is 603. The first-order valence-electron chi connectivity index (χ1n) is 5.81. The Morgan fingerprint density at radius 1 is 1.58 bits per heavy atom. The van der Waals surface area contributed by atoms with Crippen molar-refractivity contribution in [1.29, 1.82) is 0 Å². The Labute approximate surface area is 110 Å². The van der Waals surface area contributed by atoms with Gasteiger partial charge in [-0.1, -0.05) is 0 Å². The standard InChI is InChI=1S/C10H16N4O4S/c1-19(17,18)8-9(11)14(5-7(15)16)13-10(8)12-4-6-2-3-6/h6H,2-5,11H2,1H3,(H,12,13)(H,15,16). The average Bonchev–Trinajstić information content (AvgIpc) is 3.01. The van der Waals surface area contributed by atoms with Crippen LogP contribution in [-0.2, 0) is 21.2 Å². The van der Waals surface area contributed by atoms with E-state index < -0.39 is 22.4 Å². The number of rotatable bonds is 6. The molecule has 0 bridgehead atoms. The van der Waals surface area contributed by atoms with E-state index in [1.807, 2.05) is 0 Å². The van der Waals surface area contributed by atoms with Gasteiger partial charge >= 0.3 is 5.97 Å². The van der Waals surface area contributed by atoms with Crippen molar-refractivity contribution >= 4 is 27.4 Å². The number of carboxylic acids is 1. The number of hydrogen-bond donors (Lipinski definition) is 3. The number of carboxylic acid groups (broad SMARTS) is 1. The predicted molar refractivity (Wildman–Crippen MR) is 68.6 cm³/mol. The molecule has 1 aromatic rings. The van der Waals surface area contributed by atoms with Crippen molar-refractivity contribution < 1.29 is 18.3 Å². The highest BCUT2D eigenvalue weighted by molar-refractivity contribution is 7.91. The molecule has 0 amide bonds. The molecule has 0 spiro atoms. The van der Waals surface area contributed by atoms with Gasteiger partial charge < -0.3 is 16.2 Å². The van der Waals surface area contributed by atoms with E-state index in [1.165, 1.54) is 0 Å². The summed E-state index contributed by atoms with van der Waals surface area (Å²) < 4.78 is 24.4. The molecule has 0 radical (unpaired) electrons. The summed E-state index contributed by atoms with van der Waals surface area (Å²) in [6.07, 6.45) is 3.23. The van der Waals surface area contributed by atoms with Gasteiger partial charge in [-0.15, -0.1) is 0 Å². The number of nitrogen functional groups attached to an aromatic ring is 1. The molecular weight excluding hydrogens is 272 g/mol. The minimum absolute atomic E-state index is 0.130. The maximum atomic E-state index is 11.7. The van der Waals surface area contributed by atoms with E-state index >= 15 is 0 Å². The van der Waals surface area contributed by atoms with Crippen LogP contribution in [0.15, 0.2) is 4.90 Å². The highest BCUT2D eigenvalue weighted by Crippen LogP contribution is 2.31. The van der Waals surface area contributed by atoms with Crippen molar-refractivity contribution in [2.24, 2.45) is 5.92 Å². The molecule has 0 saturated heterocycles. The van der Waals surface area contributed by atoms with Gasteiger partial charge in [0.25, 0.3) is 0 Å². The summed E-state index contributed by atoms with van der Waals surface area (Å²) in [5.74, 6) is -0.627. The van der Waals surface area contributed by atoms with E-state index in [0.29, 0.717) is 12.5 Å². The molecule has 1 aliphatic rings. The normalized spacial score (nSPS) is 15.4. The van der Waals surface area contributed by atoms with E-state index in [4.69, 9.17) is 10.8 Å².